The second kappa shape index (κ2) is 4.46. The topological polar surface area (TPSA) is 78.0 Å². The molecule has 0 radical (unpaired) electrons. The van der Waals surface area contributed by atoms with E-state index in [-0.39, 0.29) is 0 Å². The van der Waals surface area contributed by atoms with Crippen LogP contribution in [-0.2, 0) is 0 Å². The zero-order valence-electron chi connectivity index (χ0n) is 10.3. The molecule has 4 heterocycles. The summed E-state index contributed by atoms with van der Waals surface area (Å²) in [7, 11) is 0. The summed E-state index contributed by atoms with van der Waals surface area (Å²) in [5.41, 5.74) is 6.71. The average Bonchev–Trinajstić information content (AvgIpc) is 2.42. The van der Waals surface area contributed by atoms with Crippen molar-refractivity contribution in [3.05, 3.63) is 17.8 Å². The number of fused-ring (bicyclic) bond motifs is 3. The zero-order chi connectivity index (χ0) is 12.5. The van der Waals surface area contributed by atoms with Crippen molar-refractivity contribution in [2.24, 2.45) is 5.92 Å². The Morgan fingerprint density at radius 3 is 2.83 bits per heavy atom. The van der Waals surface area contributed by atoms with Gasteiger partial charge in [0.15, 0.2) is 0 Å². The normalized spacial score (nSPS) is 29.8. The molecule has 0 saturated carbocycles. The number of aromatic nitrogens is 1. The molecule has 0 aliphatic carbocycles. The Bertz CT molecular complexity index is 485. The van der Waals surface area contributed by atoms with Gasteiger partial charge in [0.2, 0.25) is 0 Å². The highest BCUT2D eigenvalue weighted by Crippen LogP contribution is 2.30. The molecule has 3 fully saturated rings. The molecular weight excluding hydrogens is 226 g/mol. The molecular formula is C13H17N5. The minimum atomic E-state index is 0.413. The summed E-state index contributed by atoms with van der Waals surface area (Å²) in [4.78, 5) is 6.72. The highest BCUT2D eigenvalue weighted by molar-refractivity contribution is 5.57. The van der Waals surface area contributed by atoms with Crippen LogP contribution in [0, 0.1) is 17.2 Å². The van der Waals surface area contributed by atoms with Crippen molar-refractivity contribution in [1.29, 1.82) is 5.26 Å². The van der Waals surface area contributed by atoms with Crippen LogP contribution in [0.4, 0.5) is 11.5 Å². The first-order chi connectivity index (χ1) is 8.76. The minimum Gasteiger partial charge on any atom is -0.397 e. The third kappa shape index (κ3) is 2.00. The highest BCUT2D eigenvalue weighted by atomic mass is 15.2. The number of piperidine rings is 3. The summed E-state index contributed by atoms with van der Waals surface area (Å²) in [6.07, 6.45) is 4.09. The number of anilines is 2. The maximum absolute atomic E-state index is 9.11. The molecule has 5 heteroatoms. The molecule has 1 aromatic rings. The van der Waals surface area contributed by atoms with Gasteiger partial charge in [-0.25, -0.2) is 4.98 Å². The van der Waals surface area contributed by atoms with Crippen molar-refractivity contribution in [2.75, 3.05) is 30.7 Å². The summed E-state index contributed by atoms with van der Waals surface area (Å²) < 4.78 is 0. The van der Waals surface area contributed by atoms with Crippen LogP contribution in [0.5, 0.6) is 0 Å². The van der Waals surface area contributed by atoms with Gasteiger partial charge in [-0.05, 0) is 37.9 Å². The molecule has 3 aliphatic rings. The van der Waals surface area contributed by atoms with Crippen LogP contribution in [-0.4, -0.2) is 35.6 Å². The molecule has 0 aromatic carbocycles. The maximum atomic E-state index is 9.11. The molecule has 3 aliphatic heterocycles. The lowest BCUT2D eigenvalue weighted by molar-refractivity contribution is 0.0974. The van der Waals surface area contributed by atoms with Crippen molar-refractivity contribution in [3.8, 4) is 6.07 Å². The average molecular weight is 243 g/mol. The predicted octanol–water partition coefficient (Wildman–Crippen LogP) is 1.04. The quantitative estimate of drug-likeness (QED) is 0.811. The van der Waals surface area contributed by atoms with Gasteiger partial charge in [0.25, 0.3) is 0 Å². The number of nitrogen functional groups attached to an aromatic ring is 1. The predicted molar refractivity (Wildman–Crippen MR) is 69.9 cm³/mol. The lowest BCUT2D eigenvalue weighted by Crippen LogP contribution is -2.53. The van der Waals surface area contributed by atoms with Crippen LogP contribution in [0.1, 0.15) is 18.4 Å². The van der Waals surface area contributed by atoms with Crippen molar-refractivity contribution < 1.29 is 0 Å². The van der Waals surface area contributed by atoms with Crippen LogP contribution in [0.3, 0.4) is 0 Å². The van der Waals surface area contributed by atoms with Crippen LogP contribution < -0.4 is 11.1 Å². The van der Waals surface area contributed by atoms with Crippen molar-refractivity contribution in [1.82, 2.24) is 9.88 Å². The van der Waals surface area contributed by atoms with Gasteiger partial charge in [-0.2, -0.15) is 5.26 Å². The van der Waals surface area contributed by atoms with E-state index < -0.39 is 0 Å². The van der Waals surface area contributed by atoms with E-state index in [2.05, 4.69) is 21.3 Å². The Kier molecular flexibility index (Phi) is 2.80. The van der Waals surface area contributed by atoms with Gasteiger partial charge in [-0.15, -0.1) is 0 Å². The number of nitrogens with two attached hydrogens (primary N) is 1. The second-order valence-electron chi connectivity index (χ2n) is 5.17. The molecule has 3 N–H and O–H groups in total. The Morgan fingerprint density at radius 2 is 2.22 bits per heavy atom. The van der Waals surface area contributed by atoms with Crippen molar-refractivity contribution in [3.63, 3.8) is 0 Å². The van der Waals surface area contributed by atoms with Gasteiger partial charge in [-0.1, -0.05) is 0 Å². The van der Waals surface area contributed by atoms with Gasteiger partial charge >= 0.3 is 0 Å². The minimum absolute atomic E-state index is 0.413. The fourth-order valence-electron chi connectivity index (χ4n) is 2.99. The molecule has 0 spiro atoms. The third-order valence-electron chi connectivity index (χ3n) is 4.01. The lowest BCUT2D eigenvalue weighted by atomic mass is 9.84. The summed E-state index contributed by atoms with van der Waals surface area (Å²) in [6.45, 7) is 3.48. The smallest absolute Gasteiger partial charge is 0.144 e. The molecule has 4 rings (SSSR count). The molecule has 2 bridgehead atoms. The van der Waals surface area contributed by atoms with E-state index in [1.807, 2.05) is 0 Å². The van der Waals surface area contributed by atoms with Crippen LogP contribution in [0.2, 0.25) is 0 Å². The van der Waals surface area contributed by atoms with Gasteiger partial charge in [-0.3, -0.25) is 0 Å². The van der Waals surface area contributed by atoms with Gasteiger partial charge in [0.1, 0.15) is 11.9 Å². The van der Waals surface area contributed by atoms with E-state index in [1.165, 1.54) is 25.9 Å². The monoisotopic (exact) mass is 243 g/mol. The Morgan fingerprint density at radius 1 is 1.44 bits per heavy atom. The molecule has 1 unspecified atom stereocenters. The van der Waals surface area contributed by atoms with E-state index in [4.69, 9.17) is 11.0 Å². The first-order valence-electron chi connectivity index (χ1n) is 6.41. The molecule has 0 amide bonds. The fourth-order valence-corrected chi connectivity index (χ4v) is 2.99. The highest BCUT2D eigenvalue weighted by Gasteiger charge is 2.34. The van der Waals surface area contributed by atoms with Crippen LogP contribution in [0.15, 0.2) is 12.3 Å². The number of nitriles is 1. The number of rotatable bonds is 2. The summed E-state index contributed by atoms with van der Waals surface area (Å²) >= 11 is 0. The Balaban J connectivity index is 1.79. The Hall–Kier alpha value is -1.80. The summed E-state index contributed by atoms with van der Waals surface area (Å²) in [5.74, 6) is 1.38. The summed E-state index contributed by atoms with van der Waals surface area (Å²) in [6, 6.07) is 4.24. The molecule has 1 atom stereocenters. The second-order valence-corrected chi connectivity index (χ2v) is 5.17. The number of pyridine rings is 1. The first-order valence-corrected chi connectivity index (χ1v) is 6.41. The number of nitrogens with zero attached hydrogens (tertiary/aromatic N) is 3. The first kappa shape index (κ1) is 11.3. The zero-order valence-corrected chi connectivity index (χ0v) is 10.3. The number of hydrogen-bond acceptors (Lipinski definition) is 5. The van der Waals surface area contributed by atoms with E-state index in [1.54, 1.807) is 12.3 Å². The van der Waals surface area contributed by atoms with E-state index in [0.29, 0.717) is 29.0 Å². The van der Waals surface area contributed by atoms with E-state index in [9.17, 15) is 0 Å². The largest absolute Gasteiger partial charge is 0.397 e. The fraction of sp³-hybridized carbons (Fsp3) is 0.538. The molecule has 94 valence electrons. The van der Waals surface area contributed by atoms with Crippen LogP contribution >= 0.6 is 0 Å². The van der Waals surface area contributed by atoms with Gasteiger partial charge in [0, 0.05) is 12.6 Å². The molecule has 5 nitrogen and oxygen atoms in total. The third-order valence-corrected chi connectivity index (χ3v) is 4.01. The standard InChI is InChI=1S/C13H17N5/c14-6-10-5-11(15)7-16-13(10)17-12-8-18-3-1-9(12)2-4-18/h5,7,9,12H,1-4,8,15H2,(H,16,17). The molecule has 1 aromatic heterocycles. The number of hydrogen-bond donors (Lipinski definition) is 2. The Labute approximate surface area is 107 Å². The van der Waals surface area contributed by atoms with Gasteiger partial charge in [0.05, 0.1) is 17.4 Å². The van der Waals surface area contributed by atoms with Gasteiger partial charge < -0.3 is 16.0 Å². The van der Waals surface area contributed by atoms with Crippen molar-refractivity contribution >= 4 is 11.5 Å². The number of nitrogens with one attached hydrogen (secondary N) is 1. The van der Waals surface area contributed by atoms with Crippen LogP contribution in [0.25, 0.3) is 0 Å². The molecule has 3 saturated heterocycles. The maximum Gasteiger partial charge on any atom is 0.144 e. The van der Waals surface area contributed by atoms with E-state index in [0.717, 1.165) is 6.54 Å². The van der Waals surface area contributed by atoms with E-state index >= 15 is 0 Å². The molecule has 18 heavy (non-hydrogen) atoms. The lowest BCUT2D eigenvalue weighted by Gasteiger charge is -2.45. The SMILES string of the molecule is N#Cc1cc(N)cnc1NC1CN2CCC1CC2. The summed E-state index contributed by atoms with van der Waals surface area (Å²) in [5, 5.41) is 12.5. The van der Waals surface area contributed by atoms with Crippen molar-refractivity contribution in [2.45, 2.75) is 18.9 Å².